The number of hydrogen-bond acceptors (Lipinski definition) is 6. The molecule has 3 aliphatic rings. The van der Waals surface area contributed by atoms with Crippen molar-refractivity contribution in [3.05, 3.63) is 52.8 Å². The molecule has 1 saturated heterocycles. The van der Waals surface area contributed by atoms with Crippen LogP contribution in [0.1, 0.15) is 46.4 Å². The number of nitrogens with zero attached hydrogens (tertiary/aromatic N) is 6. The van der Waals surface area contributed by atoms with Crippen molar-refractivity contribution in [1.82, 2.24) is 24.5 Å². The Labute approximate surface area is 226 Å². The van der Waals surface area contributed by atoms with E-state index in [9.17, 15) is 28.0 Å². The van der Waals surface area contributed by atoms with Crippen molar-refractivity contribution < 1.29 is 22.8 Å². The molecule has 4 N–H and O–H groups in total. The molecule has 1 aromatic carbocycles. The van der Waals surface area contributed by atoms with Gasteiger partial charge in [-0.1, -0.05) is 18.1 Å². The first kappa shape index (κ1) is 25.5. The first-order valence-corrected chi connectivity index (χ1v) is 12.5. The number of rotatable bonds is 5. The molecule has 1 aliphatic heterocycles. The highest BCUT2D eigenvalue weighted by Crippen LogP contribution is 2.79. The fraction of sp³-hybridized carbons (Fsp3) is 0.370. The second-order valence-electron chi connectivity index (χ2n) is 10.5. The number of anilines is 1. The molecular weight excluding hydrogens is 525 g/mol. The van der Waals surface area contributed by atoms with E-state index in [1.807, 2.05) is 0 Å². The number of aromatic nitrogens is 4. The van der Waals surface area contributed by atoms with Gasteiger partial charge in [0.2, 0.25) is 0 Å². The van der Waals surface area contributed by atoms with Crippen LogP contribution in [0.4, 0.5) is 19.0 Å². The zero-order valence-electron chi connectivity index (χ0n) is 21.2. The molecule has 0 bridgehead atoms. The Bertz CT molecular complexity index is 1690. The van der Waals surface area contributed by atoms with Gasteiger partial charge in [0.1, 0.15) is 23.1 Å². The van der Waals surface area contributed by atoms with Gasteiger partial charge >= 0.3 is 6.18 Å². The maximum absolute atomic E-state index is 13.4. The third kappa shape index (κ3) is 3.65. The topological polar surface area (TPSA) is 149 Å². The Hall–Kier alpha value is -4.78. The number of nitrogen functional groups attached to an aromatic ring is 1. The van der Waals surface area contributed by atoms with Crippen molar-refractivity contribution in [2.75, 3.05) is 18.8 Å². The van der Waals surface area contributed by atoms with Crippen LogP contribution in [0.15, 0.2) is 30.6 Å². The Kier molecular flexibility index (Phi) is 5.49. The molecule has 2 aromatic heterocycles. The monoisotopic (exact) mass is 548 g/mol. The maximum atomic E-state index is 13.4. The van der Waals surface area contributed by atoms with Crippen molar-refractivity contribution in [2.24, 2.45) is 23.0 Å². The molecule has 3 fully saturated rings. The molecule has 1 unspecified atom stereocenters. The molecule has 3 heterocycles. The van der Waals surface area contributed by atoms with E-state index in [0.717, 1.165) is 12.5 Å². The number of fused-ring (bicyclic) bond motifs is 1. The fourth-order valence-electron chi connectivity index (χ4n) is 6.72. The largest absolute Gasteiger partial charge is 0.417 e. The fourth-order valence-corrected chi connectivity index (χ4v) is 6.72. The molecule has 6 rings (SSSR count). The number of amides is 2. The molecule has 3 aromatic rings. The molecule has 4 atom stereocenters. The van der Waals surface area contributed by atoms with E-state index in [2.05, 4.69) is 22.0 Å². The predicted molar refractivity (Wildman–Crippen MR) is 135 cm³/mol. The quantitative estimate of drug-likeness (QED) is 0.468. The Balaban J connectivity index is 1.26. The van der Waals surface area contributed by atoms with E-state index in [1.54, 1.807) is 22.6 Å². The lowest BCUT2D eigenvalue weighted by Gasteiger charge is -2.37. The highest BCUT2D eigenvalue weighted by atomic mass is 19.4. The molecule has 2 amide bonds. The second-order valence-corrected chi connectivity index (χ2v) is 10.5. The van der Waals surface area contributed by atoms with Gasteiger partial charge in [-0.3, -0.25) is 14.3 Å². The van der Waals surface area contributed by atoms with Gasteiger partial charge in [0.15, 0.2) is 0 Å². The number of primary amides is 1. The van der Waals surface area contributed by atoms with E-state index >= 15 is 0 Å². The van der Waals surface area contributed by atoms with Crippen LogP contribution in [0, 0.1) is 40.4 Å². The third-order valence-electron chi connectivity index (χ3n) is 8.47. The summed E-state index contributed by atoms with van der Waals surface area (Å²) in [6, 6.07) is 5.12. The molecule has 1 spiro atoms. The minimum Gasteiger partial charge on any atom is -0.383 e. The molecule has 10 nitrogen and oxygen atoms in total. The first-order chi connectivity index (χ1) is 19.0. The van der Waals surface area contributed by atoms with Crippen molar-refractivity contribution in [2.45, 2.75) is 32.1 Å². The average molecular weight is 549 g/mol. The highest BCUT2D eigenvalue weighted by Gasteiger charge is 2.79. The number of piperidine rings is 1. The normalized spacial score (nSPS) is 24.3. The van der Waals surface area contributed by atoms with E-state index in [-0.39, 0.29) is 52.5 Å². The van der Waals surface area contributed by atoms with Crippen LogP contribution in [0.2, 0.25) is 0 Å². The number of nitriles is 1. The van der Waals surface area contributed by atoms with Crippen molar-refractivity contribution >= 4 is 17.6 Å². The number of carbonyl (C=O) groups is 2. The van der Waals surface area contributed by atoms with Crippen molar-refractivity contribution in [3.63, 3.8) is 0 Å². The highest BCUT2D eigenvalue weighted by molar-refractivity contribution is 6.03. The van der Waals surface area contributed by atoms with E-state index < -0.39 is 23.2 Å². The predicted octanol–water partition coefficient (Wildman–Crippen LogP) is 2.41. The number of carbonyl (C=O) groups excluding carboxylic acids is 2. The summed E-state index contributed by atoms with van der Waals surface area (Å²) in [5.74, 6) is 5.00. The Morgan fingerprint density at radius 3 is 2.73 bits per heavy atom. The summed E-state index contributed by atoms with van der Waals surface area (Å²) in [5, 5.41) is 18.3. The van der Waals surface area contributed by atoms with Crippen LogP contribution in [0.3, 0.4) is 0 Å². The van der Waals surface area contributed by atoms with Gasteiger partial charge in [-0.25, -0.2) is 4.68 Å². The summed E-state index contributed by atoms with van der Waals surface area (Å²) < 4.78 is 43.1. The third-order valence-corrected chi connectivity index (χ3v) is 8.47. The van der Waals surface area contributed by atoms with Crippen molar-refractivity contribution in [1.29, 1.82) is 5.26 Å². The lowest BCUT2D eigenvalue weighted by Crippen LogP contribution is -2.40. The van der Waals surface area contributed by atoms with Gasteiger partial charge in [-0.2, -0.15) is 28.6 Å². The van der Waals surface area contributed by atoms with Gasteiger partial charge < -0.3 is 16.4 Å². The Morgan fingerprint density at radius 2 is 2.08 bits per heavy atom. The zero-order chi connectivity index (χ0) is 28.6. The van der Waals surface area contributed by atoms with E-state index in [1.165, 1.54) is 29.2 Å². The smallest absolute Gasteiger partial charge is 0.383 e. The summed E-state index contributed by atoms with van der Waals surface area (Å²) in [5.41, 5.74) is 11.4. The van der Waals surface area contributed by atoms with Gasteiger partial charge in [-0.05, 0) is 42.7 Å². The SMILES string of the molecule is CC#CC(=O)N1CC2[C@@H]3[C@H](n4nc(-c5cnn(Cc6cccc(C(F)(F)F)c6C#N)c5)c(C(N)=O)c4N)C[C@]23C1. The number of likely N-dealkylation sites (tertiary alicyclic amines) is 1. The molecule has 0 radical (unpaired) electrons. The van der Waals surface area contributed by atoms with Crippen LogP contribution >= 0.6 is 0 Å². The van der Waals surface area contributed by atoms with Crippen LogP contribution in [-0.2, 0) is 17.5 Å². The number of hydrogen-bond donors (Lipinski definition) is 2. The number of benzene rings is 1. The molecule has 40 heavy (non-hydrogen) atoms. The lowest BCUT2D eigenvalue weighted by molar-refractivity contribution is -0.137. The number of nitrogens with two attached hydrogens (primary N) is 2. The summed E-state index contributed by atoms with van der Waals surface area (Å²) in [6.45, 7) is 2.78. The van der Waals surface area contributed by atoms with Crippen LogP contribution in [0.5, 0.6) is 0 Å². The lowest BCUT2D eigenvalue weighted by atomic mass is 9.80. The summed E-state index contributed by atoms with van der Waals surface area (Å²) in [6.07, 6.45) is -0.980. The maximum Gasteiger partial charge on any atom is 0.417 e. The molecule has 13 heteroatoms. The summed E-state index contributed by atoms with van der Waals surface area (Å²) >= 11 is 0. The van der Waals surface area contributed by atoms with Gasteiger partial charge in [0.05, 0.1) is 29.9 Å². The summed E-state index contributed by atoms with van der Waals surface area (Å²) in [4.78, 5) is 26.3. The molecule has 204 valence electrons. The number of halogens is 3. The van der Waals surface area contributed by atoms with E-state index in [0.29, 0.717) is 24.6 Å². The molecular formula is C27H23F3N8O2. The van der Waals surface area contributed by atoms with Gasteiger partial charge in [-0.15, -0.1) is 0 Å². The average Bonchev–Trinajstić information content (AvgIpc) is 3.39. The minimum absolute atomic E-state index is 0.0233. The van der Waals surface area contributed by atoms with Crippen LogP contribution < -0.4 is 11.5 Å². The van der Waals surface area contributed by atoms with Crippen molar-refractivity contribution in [3.8, 4) is 29.2 Å². The van der Waals surface area contributed by atoms with Gasteiger partial charge in [0.25, 0.3) is 11.8 Å². The summed E-state index contributed by atoms with van der Waals surface area (Å²) in [7, 11) is 0. The van der Waals surface area contributed by atoms with Crippen LogP contribution in [-0.4, -0.2) is 49.4 Å². The molecule has 2 saturated carbocycles. The zero-order valence-corrected chi connectivity index (χ0v) is 21.2. The van der Waals surface area contributed by atoms with E-state index in [4.69, 9.17) is 11.5 Å². The Morgan fingerprint density at radius 1 is 1.30 bits per heavy atom. The second kappa shape index (κ2) is 8.61. The van der Waals surface area contributed by atoms with Crippen LogP contribution in [0.25, 0.3) is 11.3 Å². The van der Waals surface area contributed by atoms with Gasteiger partial charge in [0, 0.05) is 30.3 Å². The molecule has 2 aliphatic carbocycles. The standard InChI is InChI=1S/C27H23F3N8O2/c1-2-4-20(39)36-12-18-22-19(7-26(18,22)13-36)38-24(32)21(25(33)40)23(35-38)15-9-34-37(11-15)10-14-5-3-6-17(16(14)8-31)27(28,29)30/h3,5-6,9,11,18-19,22H,7,10,12-13,32H2,1H3,(H2,33,40)/t18?,19-,22-,26+/m1/s1. The first-order valence-electron chi connectivity index (χ1n) is 12.5. The minimum atomic E-state index is -4.67. The number of alkyl halides is 3.